The highest BCUT2D eigenvalue weighted by molar-refractivity contribution is 5.08. The third-order valence-corrected chi connectivity index (χ3v) is 2.25. The van der Waals surface area contributed by atoms with E-state index in [4.69, 9.17) is 0 Å². The van der Waals surface area contributed by atoms with Crippen molar-refractivity contribution < 1.29 is 0 Å². The maximum absolute atomic E-state index is 3.44. The van der Waals surface area contributed by atoms with E-state index in [9.17, 15) is 0 Å². The lowest BCUT2D eigenvalue weighted by molar-refractivity contribution is 0.483. The molecule has 0 aromatic carbocycles. The highest BCUT2D eigenvalue weighted by Crippen LogP contribution is 2.31. The van der Waals surface area contributed by atoms with Crippen LogP contribution in [-0.2, 0) is 0 Å². The average molecular weight is 127 g/mol. The van der Waals surface area contributed by atoms with Crippen LogP contribution in [0.25, 0.3) is 0 Å². The third kappa shape index (κ3) is 1.45. The Morgan fingerprint density at radius 3 is 2.11 bits per heavy atom. The van der Waals surface area contributed by atoms with E-state index in [2.05, 4.69) is 33.0 Å². The molecule has 1 fully saturated rings. The van der Waals surface area contributed by atoms with E-state index < -0.39 is 0 Å². The molecular weight excluding hydrogens is 110 g/mol. The molecule has 1 rings (SSSR count). The molecule has 1 saturated heterocycles. The lowest BCUT2D eigenvalue weighted by atomic mass is 9.96. The molecule has 1 heterocycles. The standard InChI is InChI=1S/C8H17N/c1-6(2)5-8(4)7(3)9-8/h6-7,9H,5H2,1-4H3. The molecule has 1 aliphatic heterocycles. The van der Waals surface area contributed by atoms with Crippen molar-refractivity contribution in [2.45, 2.75) is 45.7 Å². The molecule has 0 spiro atoms. The lowest BCUT2D eigenvalue weighted by Gasteiger charge is -2.09. The predicted molar refractivity (Wildman–Crippen MR) is 40.5 cm³/mol. The van der Waals surface area contributed by atoms with Gasteiger partial charge in [-0.25, -0.2) is 0 Å². The zero-order chi connectivity index (χ0) is 7.07. The second kappa shape index (κ2) is 1.98. The fraction of sp³-hybridized carbons (Fsp3) is 1.00. The molecule has 0 radical (unpaired) electrons. The summed E-state index contributed by atoms with van der Waals surface area (Å²) in [7, 11) is 0. The van der Waals surface area contributed by atoms with Gasteiger partial charge in [-0.1, -0.05) is 13.8 Å². The first kappa shape index (κ1) is 7.07. The number of hydrogen-bond donors (Lipinski definition) is 1. The van der Waals surface area contributed by atoms with Crippen molar-refractivity contribution in [2.75, 3.05) is 0 Å². The van der Waals surface area contributed by atoms with Crippen molar-refractivity contribution in [1.29, 1.82) is 0 Å². The highest BCUT2D eigenvalue weighted by Gasteiger charge is 2.45. The summed E-state index contributed by atoms with van der Waals surface area (Å²) in [6.07, 6.45) is 1.31. The normalized spacial score (nSPS) is 41.7. The van der Waals surface area contributed by atoms with Crippen LogP contribution >= 0.6 is 0 Å². The van der Waals surface area contributed by atoms with Gasteiger partial charge >= 0.3 is 0 Å². The van der Waals surface area contributed by atoms with Crippen molar-refractivity contribution in [3.05, 3.63) is 0 Å². The van der Waals surface area contributed by atoms with Gasteiger partial charge in [0.1, 0.15) is 0 Å². The molecule has 1 aliphatic rings. The second-order valence-corrected chi connectivity index (χ2v) is 3.88. The van der Waals surface area contributed by atoms with Crippen LogP contribution in [0.2, 0.25) is 0 Å². The van der Waals surface area contributed by atoms with Crippen molar-refractivity contribution in [2.24, 2.45) is 5.92 Å². The van der Waals surface area contributed by atoms with Gasteiger partial charge in [-0.15, -0.1) is 0 Å². The molecule has 0 aliphatic carbocycles. The second-order valence-electron chi connectivity index (χ2n) is 3.88. The lowest BCUT2D eigenvalue weighted by Crippen LogP contribution is -2.13. The molecular formula is C8H17N. The third-order valence-electron chi connectivity index (χ3n) is 2.25. The van der Waals surface area contributed by atoms with Gasteiger partial charge in [0.25, 0.3) is 0 Å². The number of hydrogen-bond acceptors (Lipinski definition) is 1. The molecule has 0 aromatic rings. The Labute approximate surface area is 57.8 Å². The Kier molecular flexibility index (Phi) is 1.55. The monoisotopic (exact) mass is 127 g/mol. The van der Waals surface area contributed by atoms with Gasteiger partial charge in [-0.3, -0.25) is 0 Å². The summed E-state index contributed by atoms with van der Waals surface area (Å²) in [6.45, 7) is 9.11. The summed E-state index contributed by atoms with van der Waals surface area (Å²) in [5.74, 6) is 0.826. The first-order chi connectivity index (χ1) is 4.04. The minimum absolute atomic E-state index is 0.480. The van der Waals surface area contributed by atoms with Gasteiger partial charge < -0.3 is 5.32 Å². The Bertz CT molecular complexity index is 109. The first-order valence-corrected chi connectivity index (χ1v) is 3.82. The van der Waals surface area contributed by atoms with Gasteiger partial charge in [0.15, 0.2) is 0 Å². The molecule has 0 aromatic heterocycles. The van der Waals surface area contributed by atoms with E-state index in [0.29, 0.717) is 5.54 Å². The zero-order valence-corrected chi connectivity index (χ0v) is 6.86. The molecule has 0 amide bonds. The minimum Gasteiger partial charge on any atom is -0.306 e. The van der Waals surface area contributed by atoms with Gasteiger partial charge in [0, 0.05) is 11.6 Å². The Morgan fingerprint density at radius 1 is 1.56 bits per heavy atom. The van der Waals surface area contributed by atoms with E-state index in [-0.39, 0.29) is 0 Å². The van der Waals surface area contributed by atoms with Crippen LogP contribution in [0.15, 0.2) is 0 Å². The topological polar surface area (TPSA) is 21.9 Å². The maximum Gasteiger partial charge on any atom is 0.0309 e. The molecule has 54 valence electrons. The van der Waals surface area contributed by atoms with Crippen LogP contribution in [0.3, 0.4) is 0 Å². The van der Waals surface area contributed by atoms with E-state index in [1.807, 2.05) is 0 Å². The van der Waals surface area contributed by atoms with E-state index in [1.54, 1.807) is 0 Å². The number of nitrogens with one attached hydrogen (secondary N) is 1. The van der Waals surface area contributed by atoms with Gasteiger partial charge in [-0.05, 0) is 26.2 Å². The SMILES string of the molecule is CC(C)CC1(C)NC1C. The highest BCUT2D eigenvalue weighted by atomic mass is 15.2. The maximum atomic E-state index is 3.44. The van der Waals surface area contributed by atoms with Gasteiger partial charge in [0.2, 0.25) is 0 Å². The summed E-state index contributed by atoms with van der Waals surface area (Å²) in [4.78, 5) is 0. The molecule has 2 atom stereocenters. The van der Waals surface area contributed by atoms with Crippen LogP contribution in [0, 0.1) is 5.92 Å². The fourth-order valence-electron chi connectivity index (χ4n) is 1.54. The van der Waals surface area contributed by atoms with Crippen LogP contribution in [0.1, 0.15) is 34.1 Å². The van der Waals surface area contributed by atoms with Gasteiger partial charge in [0.05, 0.1) is 0 Å². The van der Waals surface area contributed by atoms with E-state index in [0.717, 1.165) is 12.0 Å². The molecule has 0 bridgehead atoms. The van der Waals surface area contributed by atoms with Crippen molar-refractivity contribution in [1.82, 2.24) is 5.32 Å². The summed E-state index contributed by atoms with van der Waals surface area (Å²) in [6, 6.07) is 0.750. The molecule has 2 unspecified atom stereocenters. The van der Waals surface area contributed by atoms with Crippen LogP contribution in [0.4, 0.5) is 0 Å². The number of rotatable bonds is 2. The summed E-state index contributed by atoms with van der Waals surface area (Å²) >= 11 is 0. The molecule has 0 saturated carbocycles. The molecule has 1 N–H and O–H groups in total. The van der Waals surface area contributed by atoms with Crippen LogP contribution < -0.4 is 5.32 Å². The minimum atomic E-state index is 0.480. The predicted octanol–water partition coefficient (Wildman–Crippen LogP) is 1.78. The van der Waals surface area contributed by atoms with Gasteiger partial charge in [-0.2, -0.15) is 0 Å². The fourth-order valence-corrected chi connectivity index (χ4v) is 1.54. The summed E-state index contributed by atoms with van der Waals surface area (Å²) < 4.78 is 0. The van der Waals surface area contributed by atoms with E-state index in [1.165, 1.54) is 6.42 Å². The largest absolute Gasteiger partial charge is 0.306 e. The van der Waals surface area contributed by atoms with Crippen LogP contribution in [-0.4, -0.2) is 11.6 Å². The Balaban J connectivity index is 2.29. The van der Waals surface area contributed by atoms with Crippen molar-refractivity contribution in [3.8, 4) is 0 Å². The quantitative estimate of drug-likeness (QED) is 0.561. The summed E-state index contributed by atoms with van der Waals surface area (Å²) in [5, 5.41) is 3.44. The Morgan fingerprint density at radius 2 is 2.00 bits per heavy atom. The van der Waals surface area contributed by atoms with Crippen molar-refractivity contribution >= 4 is 0 Å². The average Bonchev–Trinajstić information content (AvgIpc) is 2.10. The molecule has 1 heteroatoms. The summed E-state index contributed by atoms with van der Waals surface area (Å²) in [5.41, 5.74) is 0.480. The molecule has 1 nitrogen and oxygen atoms in total. The molecule has 9 heavy (non-hydrogen) atoms. The Hall–Kier alpha value is -0.0400. The van der Waals surface area contributed by atoms with Crippen molar-refractivity contribution in [3.63, 3.8) is 0 Å². The smallest absolute Gasteiger partial charge is 0.0309 e. The van der Waals surface area contributed by atoms with Crippen LogP contribution in [0.5, 0.6) is 0 Å². The first-order valence-electron chi connectivity index (χ1n) is 3.82. The zero-order valence-electron chi connectivity index (χ0n) is 6.86. The van der Waals surface area contributed by atoms with E-state index >= 15 is 0 Å².